The summed E-state index contributed by atoms with van der Waals surface area (Å²) in [6.45, 7) is 3.50. The van der Waals surface area contributed by atoms with Crippen molar-refractivity contribution in [3.63, 3.8) is 0 Å². The van der Waals surface area contributed by atoms with Gasteiger partial charge >= 0.3 is 0 Å². The SMILES string of the molecule is CCC1[C@H](N(C)C)CN1C. The molecule has 1 heterocycles. The van der Waals surface area contributed by atoms with E-state index in [1.807, 2.05) is 0 Å². The number of rotatable bonds is 2. The first-order valence-electron chi connectivity index (χ1n) is 4.03. The fourth-order valence-corrected chi connectivity index (χ4v) is 1.80. The van der Waals surface area contributed by atoms with Crippen LogP contribution < -0.4 is 0 Å². The second-order valence-electron chi connectivity index (χ2n) is 3.45. The molecular formula is C8H18N2. The van der Waals surface area contributed by atoms with E-state index < -0.39 is 0 Å². The number of likely N-dealkylation sites (tertiary alicyclic amines) is 1. The average Bonchev–Trinajstić information content (AvgIpc) is 1.83. The summed E-state index contributed by atoms with van der Waals surface area (Å²) < 4.78 is 0. The lowest BCUT2D eigenvalue weighted by Crippen LogP contribution is -2.63. The molecule has 10 heavy (non-hydrogen) atoms. The largest absolute Gasteiger partial charge is 0.304 e. The van der Waals surface area contributed by atoms with Crippen LogP contribution in [-0.4, -0.2) is 49.6 Å². The Balaban J connectivity index is 2.37. The second kappa shape index (κ2) is 2.89. The van der Waals surface area contributed by atoms with Crippen LogP contribution in [0.15, 0.2) is 0 Å². The van der Waals surface area contributed by atoms with E-state index in [4.69, 9.17) is 0 Å². The summed E-state index contributed by atoms with van der Waals surface area (Å²) >= 11 is 0. The van der Waals surface area contributed by atoms with E-state index in [0.717, 1.165) is 12.1 Å². The predicted octanol–water partition coefficient (Wildman–Crippen LogP) is 0.641. The molecule has 2 heteroatoms. The lowest BCUT2D eigenvalue weighted by molar-refractivity contribution is 0.0109. The Bertz CT molecular complexity index is 107. The van der Waals surface area contributed by atoms with Crippen LogP contribution in [-0.2, 0) is 0 Å². The van der Waals surface area contributed by atoms with Gasteiger partial charge in [0.15, 0.2) is 0 Å². The molecular weight excluding hydrogens is 124 g/mol. The van der Waals surface area contributed by atoms with Gasteiger partial charge < -0.3 is 9.80 Å². The third kappa shape index (κ3) is 1.18. The zero-order chi connectivity index (χ0) is 7.72. The Kier molecular flexibility index (Phi) is 2.32. The van der Waals surface area contributed by atoms with Crippen LogP contribution in [0, 0.1) is 0 Å². The molecule has 0 spiro atoms. The van der Waals surface area contributed by atoms with Crippen molar-refractivity contribution in [2.24, 2.45) is 0 Å². The zero-order valence-corrected chi connectivity index (χ0v) is 7.46. The van der Waals surface area contributed by atoms with Crippen LogP contribution in [0.1, 0.15) is 13.3 Å². The molecule has 1 aliphatic heterocycles. The molecule has 0 N–H and O–H groups in total. The molecule has 1 fully saturated rings. The fourth-order valence-electron chi connectivity index (χ4n) is 1.80. The molecule has 0 bridgehead atoms. The maximum absolute atomic E-state index is 2.42. The molecule has 0 aromatic rings. The van der Waals surface area contributed by atoms with E-state index in [0.29, 0.717) is 0 Å². The van der Waals surface area contributed by atoms with Gasteiger partial charge in [0.25, 0.3) is 0 Å². The van der Waals surface area contributed by atoms with E-state index in [1.54, 1.807) is 0 Å². The highest BCUT2D eigenvalue weighted by atomic mass is 15.3. The van der Waals surface area contributed by atoms with Crippen LogP contribution in [0.2, 0.25) is 0 Å². The molecule has 1 unspecified atom stereocenters. The molecule has 1 aliphatic rings. The number of hydrogen-bond acceptors (Lipinski definition) is 2. The Morgan fingerprint density at radius 2 is 2.10 bits per heavy atom. The van der Waals surface area contributed by atoms with Crippen molar-refractivity contribution in [1.82, 2.24) is 9.80 Å². The summed E-state index contributed by atoms with van der Waals surface area (Å²) in [5.41, 5.74) is 0. The highest BCUT2D eigenvalue weighted by Gasteiger charge is 2.35. The van der Waals surface area contributed by atoms with Gasteiger partial charge in [-0.15, -0.1) is 0 Å². The molecule has 2 nitrogen and oxygen atoms in total. The molecule has 1 saturated heterocycles. The summed E-state index contributed by atoms with van der Waals surface area (Å²) in [6, 6.07) is 1.60. The summed E-state index contributed by atoms with van der Waals surface area (Å²) in [6.07, 6.45) is 1.28. The maximum Gasteiger partial charge on any atom is 0.0372 e. The summed E-state index contributed by atoms with van der Waals surface area (Å²) in [4.78, 5) is 4.75. The van der Waals surface area contributed by atoms with E-state index in [9.17, 15) is 0 Å². The van der Waals surface area contributed by atoms with Gasteiger partial charge in [-0.3, -0.25) is 0 Å². The Hall–Kier alpha value is -0.0800. The van der Waals surface area contributed by atoms with Gasteiger partial charge in [-0.1, -0.05) is 6.92 Å². The minimum atomic E-state index is 0.801. The molecule has 2 atom stereocenters. The van der Waals surface area contributed by atoms with Crippen molar-refractivity contribution in [2.45, 2.75) is 25.4 Å². The molecule has 0 aromatic heterocycles. The monoisotopic (exact) mass is 142 g/mol. The van der Waals surface area contributed by atoms with Gasteiger partial charge in [0.1, 0.15) is 0 Å². The Morgan fingerprint density at radius 1 is 1.50 bits per heavy atom. The first-order chi connectivity index (χ1) is 4.66. The zero-order valence-electron chi connectivity index (χ0n) is 7.46. The van der Waals surface area contributed by atoms with Crippen LogP contribution in [0.4, 0.5) is 0 Å². The van der Waals surface area contributed by atoms with Crippen LogP contribution in [0.3, 0.4) is 0 Å². The number of nitrogens with zero attached hydrogens (tertiary/aromatic N) is 2. The van der Waals surface area contributed by atoms with Crippen molar-refractivity contribution in [1.29, 1.82) is 0 Å². The van der Waals surface area contributed by atoms with E-state index in [1.165, 1.54) is 13.0 Å². The van der Waals surface area contributed by atoms with Gasteiger partial charge in [-0.05, 0) is 27.6 Å². The maximum atomic E-state index is 2.42. The highest BCUT2D eigenvalue weighted by molar-refractivity contribution is 4.93. The highest BCUT2D eigenvalue weighted by Crippen LogP contribution is 2.21. The van der Waals surface area contributed by atoms with Crippen LogP contribution in [0.25, 0.3) is 0 Å². The first kappa shape index (κ1) is 8.02. The predicted molar refractivity (Wildman–Crippen MR) is 44.2 cm³/mol. The van der Waals surface area contributed by atoms with Gasteiger partial charge in [0, 0.05) is 18.6 Å². The molecule has 60 valence electrons. The molecule has 0 saturated carbocycles. The number of likely N-dealkylation sites (N-methyl/N-ethyl adjacent to an activating group) is 2. The van der Waals surface area contributed by atoms with Crippen molar-refractivity contribution < 1.29 is 0 Å². The normalized spacial score (nSPS) is 34.5. The van der Waals surface area contributed by atoms with E-state index >= 15 is 0 Å². The van der Waals surface area contributed by atoms with E-state index in [2.05, 4.69) is 37.9 Å². The molecule has 1 rings (SSSR count). The minimum absolute atomic E-state index is 0.801. The van der Waals surface area contributed by atoms with Gasteiger partial charge in [0.05, 0.1) is 0 Å². The molecule has 0 aliphatic carbocycles. The molecule has 0 aromatic carbocycles. The number of hydrogen-bond donors (Lipinski definition) is 0. The first-order valence-corrected chi connectivity index (χ1v) is 4.03. The van der Waals surface area contributed by atoms with Crippen LogP contribution >= 0.6 is 0 Å². The fraction of sp³-hybridized carbons (Fsp3) is 1.00. The van der Waals surface area contributed by atoms with Crippen molar-refractivity contribution >= 4 is 0 Å². The van der Waals surface area contributed by atoms with E-state index in [-0.39, 0.29) is 0 Å². The van der Waals surface area contributed by atoms with Gasteiger partial charge in [0.2, 0.25) is 0 Å². The Morgan fingerprint density at radius 3 is 2.30 bits per heavy atom. The third-order valence-electron chi connectivity index (χ3n) is 2.57. The summed E-state index contributed by atoms with van der Waals surface area (Å²) in [7, 11) is 6.54. The summed E-state index contributed by atoms with van der Waals surface area (Å²) in [5, 5.41) is 0. The van der Waals surface area contributed by atoms with Crippen molar-refractivity contribution in [2.75, 3.05) is 27.7 Å². The standard InChI is InChI=1S/C8H18N2/c1-5-7-8(9(2)3)6-10(7)4/h7-8H,5-6H2,1-4H3/t7?,8-/m1/s1. The molecule has 0 radical (unpaired) electrons. The van der Waals surface area contributed by atoms with Crippen molar-refractivity contribution in [3.05, 3.63) is 0 Å². The quantitative estimate of drug-likeness (QED) is 0.558. The van der Waals surface area contributed by atoms with Crippen molar-refractivity contribution in [3.8, 4) is 0 Å². The Labute approximate surface area is 63.8 Å². The molecule has 0 amide bonds. The lowest BCUT2D eigenvalue weighted by Gasteiger charge is -2.49. The second-order valence-corrected chi connectivity index (χ2v) is 3.45. The smallest absolute Gasteiger partial charge is 0.0372 e. The topological polar surface area (TPSA) is 6.48 Å². The third-order valence-corrected chi connectivity index (χ3v) is 2.57. The van der Waals surface area contributed by atoms with Gasteiger partial charge in [-0.2, -0.15) is 0 Å². The van der Waals surface area contributed by atoms with Gasteiger partial charge in [-0.25, -0.2) is 0 Å². The summed E-state index contributed by atoms with van der Waals surface area (Å²) in [5.74, 6) is 0. The van der Waals surface area contributed by atoms with Crippen LogP contribution in [0.5, 0.6) is 0 Å². The minimum Gasteiger partial charge on any atom is -0.304 e. The average molecular weight is 142 g/mol. The lowest BCUT2D eigenvalue weighted by atomic mass is 9.94.